The lowest BCUT2D eigenvalue weighted by Crippen LogP contribution is -2.33. The number of aromatic amines is 1. The van der Waals surface area contributed by atoms with Crippen LogP contribution in [0.2, 0.25) is 0 Å². The van der Waals surface area contributed by atoms with E-state index in [0.717, 1.165) is 0 Å². The normalized spacial score (nSPS) is 25.6. The summed E-state index contributed by atoms with van der Waals surface area (Å²) in [6.45, 7) is 2.92. The number of nitrogens with one attached hydrogen (secondary N) is 1. The van der Waals surface area contributed by atoms with Crippen LogP contribution in [-0.2, 0) is 14.3 Å². The van der Waals surface area contributed by atoms with E-state index in [2.05, 4.69) is 17.6 Å². The maximum atomic E-state index is 11.8. The number of ether oxygens (including phenoxy) is 2. The molecule has 0 radical (unpaired) electrons. The summed E-state index contributed by atoms with van der Waals surface area (Å²) in [5.74, 6) is -0.0399. The Labute approximate surface area is 120 Å². The monoisotopic (exact) mass is 300 g/mol. The number of carbonyl (C=O) groups is 1. The number of hydrogen-bond donors (Lipinski definition) is 2. The number of thiol groups is 1. The molecule has 0 aromatic carbocycles. The summed E-state index contributed by atoms with van der Waals surface area (Å²) in [6, 6.07) is 0. The number of esters is 1. The number of hydrogen-bond acceptors (Lipinski definition) is 6. The van der Waals surface area contributed by atoms with E-state index >= 15 is 0 Å². The Hall–Kier alpha value is -1.54. The van der Waals surface area contributed by atoms with Gasteiger partial charge in [-0.05, 0) is 6.92 Å². The second-order valence-electron chi connectivity index (χ2n) is 4.67. The van der Waals surface area contributed by atoms with Gasteiger partial charge in [-0.2, -0.15) is 12.6 Å². The molecule has 1 aliphatic rings. The van der Waals surface area contributed by atoms with Crippen molar-refractivity contribution in [2.75, 3.05) is 5.75 Å². The van der Waals surface area contributed by atoms with Crippen molar-refractivity contribution in [3.8, 4) is 0 Å². The Morgan fingerprint density at radius 3 is 2.90 bits per heavy atom. The zero-order valence-electron chi connectivity index (χ0n) is 11.2. The first-order valence-corrected chi connectivity index (χ1v) is 6.81. The lowest BCUT2D eigenvalue weighted by molar-refractivity contribution is -0.148. The molecule has 2 rings (SSSR count). The Bertz CT molecular complexity index is 623. The van der Waals surface area contributed by atoms with Gasteiger partial charge in [0.2, 0.25) is 0 Å². The first-order chi connectivity index (χ1) is 9.42. The highest BCUT2D eigenvalue weighted by Gasteiger charge is 2.38. The van der Waals surface area contributed by atoms with E-state index in [9.17, 15) is 14.4 Å². The van der Waals surface area contributed by atoms with E-state index in [1.165, 1.54) is 17.7 Å². The van der Waals surface area contributed by atoms with E-state index < -0.39 is 29.6 Å². The van der Waals surface area contributed by atoms with E-state index in [1.54, 1.807) is 6.92 Å². The van der Waals surface area contributed by atoms with Gasteiger partial charge in [-0.25, -0.2) is 4.79 Å². The third kappa shape index (κ3) is 2.96. The Balaban J connectivity index is 2.27. The van der Waals surface area contributed by atoms with Crippen molar-refractivity contribution >= 4 is 18.6 Å². The first kappa shape index (κ1) is 14.9. The van der Waals surface area contributed by atoms with Gasteiger partial charge in [-0.15, -0.1) is 0 Å². The van der Waals surface area contributed by atoms with Crippen molar-refractivity contribution < 1.29 is 14.3 Å². The number of aromatic nitrogens is 2. The van der Waals surface area contributed by atoms with Crippen LogP contribution in [0.15, 0.2) is 15.8 Å². The van der Waals surface area contributed by atoms with Crippen molar-refractivity contribution in [3.05, 3.63) is 32.6 Å². The average molecular weight is 300 g/mol. The van der Waals surface area contributed by atoms with Gasteiger partial charge < -0.3 is 9.47 Å². The van der Waals surface area contributed by atoms with Gasteiger partial charge in [0, 0.05) is 30.9 Å². The lowest BCUT2D eigenvalue weighted by atomic mass is 10.2. The molecule has 7 nitrogen and oxygen atoms in total. The van der Waals surface area contributed by atoms with Gasteiger partial charge in [0.05, 0.1) is 0 Å². The minimum absolute atomic E-state index is 0.343. The van der Waals surface area contributed by atoms with Gasteiger partial charge >= 0.3 is 11.7 Å². The molecule has 3 atom stereocenters. The Morgan fingerprint density at radius 1 is 1.60 bits per heavy atom. The van der Waals surface area contributed by atoms with Gasteiger partial charge in [0.15, 0.2) is 0 Å². The maximum absolute atomic E-state index is 11.8. The predicted octanol–water partition coefficient (Wildman–Crippen LogP) is -0.00598. The Kier molecular flexibility index (Phi) is 4.34. The summed E-state index contributed by atoms with van der Waals surface area (Å²) in [7, 11) is 0. The van der Waals surface area contributed by atoms with Crippen LogP contribution in [0.5, 0.6) is 0 Å². The van der Waals surface area contributed by atoms with Gasteiger partial charge in [-0.1, -0.05) is 0 Å². The number of rotatable bonds is 3. The molecule has 0 saturated carbocycles. The van der Waals surface area contributed by atoms with E-state index in [-0.39, 0.29) is 6.10 Å². The van der Waals surface area contributed by atoms with Gasteiger partial charge in [0.25, 0.3) is 5.56 Å². The Morgan fingerprint density at radius 2 is 2.30 bits per heavy atom. The van der Waals surface area contributed by atoms with Crippen LogP contribution in [0.3, 0.4) is 0 Å². The van der Waals surface area contributed by atoms with Crippen LogP contribution in [0.4, 0.5) is 0 Å². The van der Waals surface area contributed by atoms with Crippen LogP contribution >= 0.6 is 12.6 Å². The van der Waals surface area contributed by atoms with Crippen molar-refractivity contribution in [2.45, 2.75) is 38.7 Å². The maximum Gasteiger partial charge on any atom is 0.330 e. The summed E-state index contributed by atoms with van der Waals surface area (Å²) in [5, 5.41) is 0. The number of nitrogens with zero attached hydrogens (tertiary/aromatic N) is 1. The first-order valence-electron chi connectivity index (χ1n) is 6.18. The molecule has 1 aromatic heterocycles. The number of H-pyrrole nitrogens is 1. The summed E-state index contributed by atoms with van der Waals surface area (Å²) >= 11 is 4.15. The van der Waals surface area contributed by atoms with Crippen molar-refractivity contribution in [2.24, 2.45) is 0 Å². The van der Waals surface area contributed by atoms with Crippen molar-refractivity contribution in [1.82, 2.24) is 9.55 Å². The molecule has 2 heterocycles. The SMILES string of the molecule is CC(=O)OC1CC(n2cc(C)c(=O)[nH]c2=O)OC1CS. The van der Waals surface area contributed by atoms with Crippen molar-refractivity contribution in [1.29, 1.82) is 0 Å². The summed E-state index contributed by atoms with van der Waals surface area (Å²) in [4.78, 5) is 36.4. The van der Waals surface area contributed by atoms with Crippen LogP contribution in [0.25, 0.3) is 0 Å². The molecule has 0 amide bonds. The largest absolute Gasteiger partial charge is 0.460 e. The predicted molar refractivity (Wildman–Crippen MR) is 74.0 cm³/mol. The number of carbonyl (C=O) groups excluding carboxylic acids is 1. The van der Waals surface area contributed by atoms with Crippen LogP contribution in [-0.4, -0.2) is 33.5 Å². The molecule has 1 fully saturated rings. The highest BCUT2D eigenvalue weighted by atomic mass is 32.1. The quantitative estimate of drug-likeness (QED) is 0.605. The number of aryl methyl sites for hydroxylation is 1. The highest BCUT2D eigenvalue weighted by molar-refractivity contribution is 7.80. The molecule has 0 bridgehead atoms. The summed E-state index contributed by atoms with van der Waals surface area (Å²) in [6.07, 6.45) is 0.369. The lowest BCUT2D eigenvalue weighted by Gasteiger charge is -2.15. The molecular weight excluding hydrogens is 284 g/mol. The van der Waals surface area contributed by atoms with Crippen molar-refractivity contribution in [3.63, 3.8) is 0 Å². The fourth-order valence-electron chi connectivity index (χ4n) is 2.17. The highest BCUT2D eigenvalue weighted by Crippen LogP contribution is 2.30. The van der Waals surface area contributed by atoms with Crippen LogP contribution in [0.1, 0.15) is 25.1 Å². The van der Waals surface area contributed by atoms with Crippen LogP contribution in [0, 0.1) is 6.92 Å². The average Bonchev–Trinajstić information content (AvgIpc) is 2.75. The molecule has 20 heavy (non-hydrogen) atoms. The van der Waals surface area contributed by atoms with Crippen LogP contribution < -0.4 is 11.2 Å². The molecule has 1 aliphatic heterocycles. The minimum atomic E-state index is -0.584. The molecular formula is C12H16N2O5S. The smallest absolute Gasteiger partial charge is 0.330 e. The summed E-state index contributed by atoms with van der Waals surface area (Å²) in [5.41, 5.74) is -0.565. The second-order valence-corrected chi connectivity index (χ2v) is 5.04. The summed E-state index contributed by atoms with van der Waals surface area (Å²) < 4.78 is 12.1. The zero-order valence-corrected chi connectivity index (χ0v) is 12.1. The van der Waals surface area contributed by atoms with Gasteiger partial charge in [-0.3, -0.25) is 19.1 Å². The molecule has 110 valence electrons. The topological polar surface area (TPSA) is 90.4 Å². The molecule has 8 heteroatoms. The fraction of sp³-hybridized carbons (Fsp3) is 0.583. The minimum Gasteiger partial charge on any atom is -0.460 e. The molecule has 1 aromatic rings. The van der Waals surface area contributed by atoms with E-state index in [4.69, 9.17) is 9.47 Å². The van der Waals surface area contributed by atoms with E-state index in [1.807, 2.05) is 0 Å². The second kappa shape index (κ2) is 5.84. The third-order valence-corrected chi connectivity index (χ3v) is 3.49. The van der Waals surface area contributed by atoms with E-state index in [0.29, 0.717) is 17.7 Å². The molecule has 0 spiro atoms. The molecule has 0 aliphatic carbocycles. The third-order valence-electron chi connectivity index (χ3n) is 3.13. The van der Waals surface area contributed by atoms with Gasteiger partial charge in [0.1, 0.15) is 18.4 Å². The fourth-order valence-corrected chi connectivity index (χ4v) is 2.49. The molecule has 1 N–H and O–H groups in total. The zero-order chi connectivity index (χ0) is 14.9. The molecule has 1 saturated heterocycles. The molecule has 3 unspecified atom stereocenters. The standard InChI is InChI=1S/C12H16N2O5S/c1-6-4-14(12(17)13-11(6)16)10-3-8(18-7(2)15)9(5-20)19-10/h4,8-10,20H,3,5H2,1-2H3,(H,13,16,17).